The molecule has 5 heteroatoms. The summed E-state index contributed by atoms with van der Waals surface area (Å²) in [6.45, 7) is 2.90. The van der Waals surface area contributed by atoms with E-state index in [1.165, 1.54) is 0 Å². The molecule has 22 heavy (non-hydrogen) atoms. The second-order valence-electron chi connectivity index (χ2n) is 6.03. The molecule has 0 saturated carbocycles. The quantitative estimate of drug-likeness (QED) is 0.755. The summed E-state index contributed by atoms with van der Waals surface area (Å²) < 4.78 is 0. The summed E-state index contributed by atoms with van der Waals surface area (Å²) in [4.78, 5) is 12.8. The molecule has 1 aromatic carbocycles. The average Bonchev–Trinajstić information content (AvgIpc) is 2.52. The number of carbonyl (C=O) groups is 1. The van der Waals surface area contributed by atoms with Crippen LogP contribution in [-0.2, 0) is 4.79 Å². The number of hydrogen-bond donors (Lipinski definition) is 2. The van der Waals surface area contributed by atoms with Crippen LogP contribution in [0.3, 0.4) is 0 Å². The van der Waals surface area contributed by atoms with Crippen LogP contribution in [0.5, 0.6) is 0 Å². The highest BCUT2D eigenvalue weighted by Crippen LogP contribution is 2.31. The summed E-state index contributed by atoms with van der Waals surface area (Å²) in [5.74, 6) is -0.429. The molecule has 4 nitrogen and oxygen atoms in total. The first kappa shape index (κ1) is 17.3. The SMILES string of the molecule is O=C(O)CCCCN1CCC(C(O)c2ccc(Cl)cc2)CC1. The number of aliphatic hydroxyl groups is 1. The molecule has 2 N–H and O–H groups in total. The van der Waals surface area contributed by atoms with Crippen molar-refractivity contribution in [3.63, 3.8) is 0 Å². The molecule has 1 atom stereocenters. The first-order chi connectivity index (χ1) is 10.6. The zero-order chi connectivity index (χ0) is 15.9. The van der Waals surface area contributed by atoms with Crippen LogP contribution in [0, 0.1) is 5.92 Å². The molecule has 0 aromatic heterocycles. The number of aliphatic carboxylic acids is 1. The number of hydrogen-bond acceptors (Lipinski definition) is 3. The lowest BCUT2D eigenvalue weighted by molar-refractivity contribution is -0.137. The third-order valence-corrected chi connectivity index (χ3v) is 4.66. The van der Waals surface area contributed by atoms with Crippen LogP contribution in [0.1, 0.15) is 43.8 Å². The Hall–Kier alpha value is -1.10. The van der Waals surface area contributed by atoms with Crippen LogP contribution in [0.2, 0.25) is 5.02 Å². The van der Waals surface area contributed by atoms with Gasteiger partial charge in [0.15, 0.2) is 0 Å². The zero-order valence-electron chi connectivity index (χ0n) is 12.7. The summed E-state index contributed by atoms with van der Waals surface area (Å²) in [7, 11) is 0. The Bertz CT molecular complexity index is 469. The van der Waals surface area contributed by atoms with E-state index in [0.717, 1.165) is 50.9 Å². The van der Waals surface area contributed by atoms with Crippen molar-refractivity contribution >= 4 is 17.6 Å². The van der Waals surface area contributed by atoms with E-state index in [2.05, 4.69) is 4.90 Å². The van der Waals surface area contributed by atoms with Gasteiger partial charge >= 0.3 is 5.97 Å². The van der Waals surface area contributed by atoms with Crippen LogP contribution < -0.4 is 0 Å². The van der Waals surface area contributed by atoms with Crippen molar-refractivity contribution in [1.82, 2.24) is 4.90 Å². The lowest BCUT2D eigenvalue weighted by Crippen LogP contribution is -2.36. The van der Waals surface area contributed by atoms with Crippen LogP contribution in [-0.4, -0.2) is 40.7 Å². The van der Waals surface area contributed by atoms with Gasteiger partial charge in [0.1, 0.15) is 0 Å². The van der Waals surface area contributed by atoms with E-state index in [1.807, 2.05) is 24.3 Å². The number of unbranched alkanes of at least 4 members (excludes halogenated alkanes) is 1. The highest BCUT2D eigenvalue weighted by Gasteiger charge is 2.25. The molecule has 0 radical (unpaired) electrons. The Morgan fingerprint density at radius 3 is 2.45 bits per heavy atom. The van der Waals surface area contributed by atoms with E-state index in [4.69, 9.17) is 16.7 Å². The largest absolute Gasteiger partial charge is 0.481 e. The number of carboxylic acid groups (broad SMARTS) is 1. The van der Waals surface area contributed by atoms with Crippen molar-refractivity contribution in [1.29, 1.82) is 0 Å². The van der Waals surface area contributed by atoms with Gasteiger partial charge < -0.3 is 15.1 Å². The first-order valence-electron chi connectivity index (χ1n) is 7.94. The fraction of sp³-hybridized carbons (Fsp3) is 0.588. The summed E-state index contributed by atoms with van der Waals surface area (Å²) in [6, 6.07) is 7.42. The van der Waals surface area contributed by atoms with Gasteiger partial charge in [0, 0.05) is 11.4 Å². The maximum atomic E-state index is 10.5. The Morgan fingerprint density at radius 1 is 1.23 bits per heavy atom. The standard InChI is InChI=1S/C17H24ClNO3/c18-15-6-4-13(5-7-15)17(22)14-8-11-19(12-9-14)10-2-1-3-16(20)21/h4-7,14,17,22H,1-3,8-12H2,(H,20,21). The molecule has 2 rings (SSSR count). The number of carboxylic acids is 1. The van der Waals surface area contributed by atoms with Crippen LogP contribution in [0.25, 0.3) is 0 Å². The molecule has 1 fully saturated rings. The summed E-state index contributed by atoms with van der Waals surface area (Å²) in [5, 5.41) is 19.8. The molecule has 0 bridgehead atoms. The number of halogens is 1. The third kappa shape index (κ3) is 5.27. The number of rotatable bonds is 7. The van der Waals surface area contributed by atoms with Gasteiger partial charge in [-0.15, -0.1) is 0 Å². The number of nitrogens with zero attached hydrogens (tertiary/aromatic N) is 1. The van der Waals surface area contributed by atoms with Crippen molar-refractivity contribution in [2.24, 2.45) is 5.92 Å². The van der Waals surface area contributed by atoms with Gasteiger partial charge in [-0.3, -0.25) is 4.79 Å². The summed E-state index contributed by atoms with van der Waals surface area (Å²) in [6.07, 6.45) is 3.45. The first-order valence-corrected chi connectivity index (χ1v) is 8.31. The maximum absolute atomic E-state index is 10.5. The van der Waals surface area contributed by atoms with E-state index < -0.39 is 12.1 Å². The predicted molar refractivity (Wildman–Crippen MR) is 87.1 cm³/mol. The van der Waals surface area contributed by atoms with Crippen LogP contribution >= 0.6 is 11.6 Å². The minimum atomic E-state index is -0.718. The van der Waals surface area contributed by atoms with Gasteiger partial charge in [0.25, 0.3) is 0 Å². The molecule has 1 unspecified atom stereocenters. The molecule has 0 aliphatic carbocycles. The lowest BCUT2D eigenvalue weighted by atomic mass is 9.87. The van der Waals surface area contributed by atoms with Gasteiger partial charge in [0.2, 0.25) is 0 Å². The van der Waals surface area contributed by atoms with E-state index in [-0.39, 0.29) is 12.3 Å². The van der Waals surface area contributed by atoms with Crippen LogP contribution in [0.15, 0.2) is 24.3 Å². The minimum absolute atomic E-state index is 0.256. The molecule has 122 valence electrons. The maximum Gasteiger partial charge on any atom is 0.303 e. The molecule has 1 aromatic rings. The molecular formula is C17H24ClNO3. The monoisotopic (exact) mass is 325 g/mol. The molecule has 1 aliphatic heterocycles. The molecule has 0 amide bonds. The van der Waals surface area contributed by atoms with Gasteiger partial charge in [-0.25, -0.2) is 0 Å². The van der Waals surface area contributed by atoms with Crippen molar-refractivity contribution in [3.05, 3.63) is 34.9 Å². The number of likely N-dealkylation sites (tertiary alicyclic amines) is 1. The molecule has 0 spiro atoms. The molecular weight excluding hydrogens is 302 g/mol. The summed E-state index contributed by atoms with van der Waals surface area (Å²) >= 11 is 5.88. The van der Waals surface area contributed by atoms with Gasteiger partial charge in [0.05, 0.1) is 6.10 Å². The number of benzene rings is 1. The summed E-state index contributed by atoms with van der Waals surface area (Å²) in [5.41, 5.74) is 0.935. The Balaban J connectivity index is 1.72. The second kappa shape index (κ2) is 8.51. The van der Waals surface area contributed by atoms with Gasteiger partial charge in [-0.05, 0) is 68.9 Å². The van der Waals surface area contributed by atoms with E-state index in [0.29, 0.717) is 5.02 Å². The Labute approximate surface area is 136 Å². The minimum Gasteiger partial charge on any atom is -0.481 e. The van der Waals surface area contributed by atoms with Gasteiger partial charge in [-0.1, -0.05) is 23.7 Å². The normalized spacial score (nSPS) is 18.3. The fourth-order valence-electron chi connectivity index (χ4n) is 3.04. The smallest absolute Gasteiger partial charge is 0.303 e. The number of piperidine rings is 1. The van der Waals surface area contributed by atoms with E-state index in [1.54, 1.807) is 0 Å². The second-order valence-corrected chi connectivity index (χ2v) is 6.46. The third-order valence-electron chi connectivity index (χ3n) is 4.41. The molecule has 1 aliphatic rings. The van der Waals surface area contributed by atoms with Crippen LogP contribution in [0.4, 0.5) is 0 Å². The van der Waals surface area contributed by atoms with Crippen molar-refractivity contribution in [2.45, 2.75) is 38.2 Å². The average molecular weight is 326 g/mol. The Morgan fingerprint density at radius 2 is 1.86 bits per heavy atom. The predicted octanol–water partition coefficient (Wildman–Crippen LogP) is 3.34. The lowest BCUT2D eigenvalue weighted by Gasteiger charge is -2.34. The zero-order valence-corrected chi connectivity index (χ0v) is 13.5. The van der Waals surface area contributed by atoms with Crippen molar-refractivity contribution < 1.29 is 15.0 Å². The topological polar surface area (TPSA) is 60.8 Å². The number of aliphatic hydroxyl groups excluding tert-OH is 1. The highest BCUT2D eigenvalue weighted by atomic mass is 35.5. The molecule has 1 heterocycles. The van der Waals surface area contributed by atoms with E-state index >= 15 is 0 Å². The van der Waals surface area contributed by atoms with Crippen molar-refractivity contribution in [2.75, 3.05) is 19.6 Å². The Kier molecular flexibility index (Phi) is 6.68. The van der Waals surface area contributed by atoms with Crippen molar-refractivity contribution in [3.8, 4) is 0 Å². The van der Waals surface area contributed by atoms with Gasteiger partial charge in [-0.2, -0.15) is 0 Å². The highest BCUT2D eigenvalue weighted by molar-refractivity contribution is 6.30. The molecule has 1 saturated heterocycles. The van der Waals surface area contributed by atoms with E-state index in [9.17, 15) is 9.90 Å². The fourth-order valence-corrected chi connectivity index (χ4v) is 3.16.